The number of nitrogens with zero attached hydrogens (tertiary/aromatic N) is 1. The van der Waals surface area contributed by atoms with Crippen molar-refractivity contribution in [2.45, 2.75) is 13.5 Å². The van der Waals surface area contributed by atoms with Crippen LogP contribution in [0.1, 0.15) is 28.4 Å². The number of benzene rings is 4. The maximum atomic E-state index is 12.8. The van der Waals surface area contributed by atoms with Crippen molar-refractivity contribution in [3.05, 3.63) is 108 Å². The first kappa shape index (κ1) is 30.4. The van der Waals surface area contributed by atoms with Crippen molar-refractivity contribution in [3.8, 4) is 28.7 Å². The van der Waals surface area contributed by atoms with Crippen LogP contribution in [0.15, 0.2) is 96.1 Å². The van der Waals surface area contributed by atoms with Crippen molar-refractivity contribution < 1.29 is 33.3 Å². The first-order valence-electron chi connectivity index (χ1n) is 13.5. The number of hydrogen-bond acceptors (Lipinski definition) is 8. The van der Waals surface area contributed by atoms with E-state index >= 15 is 0 Å². The Bertz CT molecular complexity index is 1540. The molecule has 10 nitrogen and oxygen atoms in total. The van der Waals surface area contributed by atoms with Crippen molar-refractivity contribution in [3.63, 3.8) is 0 Å². The second-order valence-electron chi connectivity index (χ2n) is 9.04. The van der Waals surface area contributed by atoms with E-state index in [1.54, 1.807) is 67.8 Å². The minimum Gasteiger partial charge on any atom is -0.497 e. The molecule has 0 aliphatic rings. The molecule has 0 bridgehead atoms. The molecule has 0 heterocycles. The van der Waals surface area contributed by atoms with E-state index in [4.69, 9.17) is 23.7 Å². The van der Waals surface area contributed by atoms with Crippen LogP contribution in [-0.4, -0.2) is 45.5 Å². The van der Waals surface area contributed by atoms with E-state index in [-0.39, 0.29) is 12.5 Å². The highest BCUT2D eigenvalue weighted by Crippen LogP contribution is 2.30. The molecular weight excluding hydrogens is 550 g/mol. The van der Waals surface area contributed by atoms with Gasteiger partial charge in [-0.05, 0) is 78.7 Å². The van der Waals surface area contributed by atoms with Crippen LogP contribution in [0.3, 0.4) is 0 Å². The summed E-state index contributed by atoms with van der Waals surface area (Å²) in [5.41, 5.74) is 5.17. The summed E-state index contributed by atoms with van der Waals surface area (Å²) in [6.07, 6.45) is 1.47. The van der Waals surface area contributed by atoms with Crippen molar-refractivity contribution in [1.29, 1.82) is 0 Å². The molecule has 0 atom stereocenters. The highest BCUT2D eigenvalue weighted by atomic mass is 16.5. The Morgan fingerprint density at radius 3 is 2.23 bits per heavy atom. The summed E-state index contributed by atoms with van der Waals surface area (Å²) in [6.45, 7) is 2.44. The highest BCUT2D eigenvalue weighted by Gasteiger charge is 2.13. The Morgan fingerprint density at radius 2 is 1.51 bits per heavy atom. The number of rotatable bonds is 14. The first-order valence-corrected chi connectivity index (χ1v) is 13.5. The van der Waals surface area contributed by atoms with Gasteiger partial charge in [-0.3, -0.25) is 9.59 Å². The molecule has 0 spiro atoms. The number of nitrogens with one attached hydrogen (secondary N) is 2. The van der Waals surface area contributed by atoms with Gasteiger partial charge in [-0.2, -0.15) is 5.10 Å². The normalized spacial score (nSPS) is 10.6. The zero-order valence-corrected chi connectivity index (χ0v) is 24.2. The lowest BCUT2D eigenvalue weighted by Crippen LogP contribution is -2.20. The van der Waals surface area contributed by atoms with E-state index in [9.17, 15) is 9.59 Å². The summed E-state index contributed by atoms with van der Waals surface area (Å²) in [5.74, 6) is 1.74. The van der Waals surface area contributed by atoms with Gasteiger partial charge in [0.15, 0.2) is 29.6 Å². The van der Waals surface area contributed by atoms with Crippen molar-refractivity contribution >= 4 is 23.7 Å². The molecule has 0 fully saturated rings. The summed E-state index contributed by atoms with van der Waals surface area (Å²) in [7, 11) is 3.07. The fourth-order valence-corrected chi connectivity index (χ4v) is 3.90. The average Bonchev–Trinajstić information content (AvgIpc) is 3.04. The molecule has 2 amide bonds. The zero-order chi connectivity index (χ0) is 30.4. The first-order chi connectivity index (χ1) is 21.0. The molecule has 222 valence electrons. The maximum absolute atomic E-state index is 12.8. The van der Waals surface area contributed by atoms with Gasteiger partial charge in [0.25, 0.3) is 11.8 Å². The van der Waals surface area contributed by atoms with Crippen LogP contribution in [0.5, 0.6) is 28.7 Å². The summed E-state index contributed by atoms with van der Waals surface area (Å²) in [5, 5.41) is 6.82. The van der Waals surface area contributed by atoms with Gasteiger partial charge in [0.1, 0.15) is 12.4 Å². The van der Waals surface area contributed by atoms with Gasteiger partial charge < -0.3 is 29.0 Å². The molecule has 0 aliphatic heterocycles. The van der Waals surface area contributed by atoms with Gasteiger partial charge in [0.05, 0.1) is 27.0 Å². The number of carbonyl (C=O) groups excluding carboxylic acids is 2. The molecule has 10 heteroatoms. The number of hydrogen-bond donors (Lipinski definition) is 2. The second-order valence-corrected chi connectivity index (χ2v) is 9.04. The van der Waals surface area contributed by atoms with Crippen LogP contribution < -0.4 is 34.4 Å². The van der Waals surface area contributed by atoms with E-state index in [1.165, 1.54) is 13.3 Å². The second kappa shape index (κ2) is 15.5. The van der Waals surface area contributed by atoms with Crippen LogP contribution in [-0.2, 0) is 11.4 Å². The third-order valence-corrected chi connectivity index (χ3v) is 6.04. The number of amides is 2. The van der Waals surface area contributed by atoms with Gasteiger partial charge in [-0.1, -0.05) is 30.3 Å². The quantitative estimate of drug-likeness (QED) is 0.150. The zero-order valence-electron chi connectivity index (χ0n) is 24.2. The molecule has 43 heavy (non-hydrogen) atoms. The number of hydrazone groups is 1. The summed E-state index contributed by atoms with van der Waals surface area (Å²) in [4.78, 5) is 25.1. The number of methoxy groups -OCH3 is 2. The fourth-order valence-electron chi connectivity index (χ4n) is 3.90. The maximum Gasteiger partial charge on any atom is 0.271 e. The van der Waals surface area contributed by atoms with Gasteiger partial charge in [-0.25, -0.2) is 5.43 Å². The van der Waals surface area contributed by atoms with E-state index in [0.29, 0.717) is 58.8 Å². The average molecular weight is 584 g/mol. The predicted octanol–water partition coefficient (Wildman–Crippen LogP) is 5.46. The smallest absolute Gasteiger partial charge is 0.271 e. The molecule has 2 N–H and O–H groups in total. The SMILES string of the molecule is CCOc1cc(C(=O)N/N=C/c2ccc(OCC(=O)Nc3ccc(OC)cc3)c(OC)c2)ccc1OCc1ccccc1. The van der Waals surface area contributed by atoms with Crippen LogP contribution in [0.25, 0.3) is 0 Å². The molecular formula is C33H33N3O7. The molecule has 0 radical (unpaired) electrons. The molecule has 0 saturated carbocycles. The van der Waals surface area contributed by atoms with E-state index < -0.39 is 5.91 Å². The lowest BCUT2D eigenvalue weighted by Gasteiger charge is -2.13. The van der Waals surface area contributed by atoms with Crippen molar-refractivity contribution in [2.24, 2.45) is 5.10 Å². The fraction of sp³-hybridized carbons (Fsp3) is 0.182. The topological polar surface area (TPSA) is 117 Å². The largest absolute Gasteiger partial charge is 0.497 e. The molecule has 0 saturated heterocycles. The lowest BCUT2D eigenvalue weighted by molar-refractivity contribution is -0.118. The Labute approximate surface area is 250 Å². The van der Waals surface area contributed by atoms with Gasteiger partial charge in [0, 0.05) is 11.3 Å². The van der Waals surface area contributed by atoms with E-state index in [0.717, 1.165) is 5.56 Å². The number of carbonyl (C=O) groups is 2. The third kappa shape index (κ3) is 8.99. The summed E-state index contributed by atoms with van der Waals surface area (Å²) < 4.78 is 27.8. The van der Waals surface area contributed by atoms with Crippen molar-refractivity contribution in [1.82, 2.24) is 5.43 Å². The van der Waals surface area contributed by atoms with Gasteiger partial charge in [0.2, 0.25) is 0 Å². The molecule has 4 aromatic rings. The Morgan fingerprint density at radius 1 is 0.767 bits per heavy atom. The highest BCUT2D eigenvalue weighted by molar-refractivity contribution is 5.95. The monoisotopic (exact) mass is 583 g/mol. The molecule has 4 aromatic carbocycles. The standard InChI is InChI=1S/C33H33N3O7/c1-4-41-31-19-25(11-17-29(31)42-21-23-8-6-5-7-9-23)33(38)36-34-20-24-10-16-28(30(18-24)40-3)43-22-32(37)35-26-12-14-27(39-2)15-13-26/h5-20H,4,21-22H2,1-3H3,(H,35,37)(H,36,38)/b34-20+. The lowest BCUT2D eigenvalue weighted by atomic mass is 10.2. The van der Waals surface area contributed by atoms with Crippen LogP contribution in [0.2, 0.25) is 0 Å². The van der Waals surface area contributed by atoms with Gasteiger partial charge >= 0.3 is 0 Å². The minimum absolute atomic E-state index is 0.217. The van der Waals surface area contributed by atoms with Crippen molar-refractivity contribution in [2.75, 3.05) is 32.8 Å². The molecule has 0 aliphatic carbocycles. The summed E-state index contributed by atoms with van der Waals surface area (Å²) >= 11 is 0. The minimum atomic E-state index is -0.415. The van der Waals surface area contributed by atoms with Gasteiger partial charge in [-0.15, -0.1) is 0 Å². The van der Waals surface area contributed by atoms with E-state index in [2.05, 4.69) is 15.8 Å². The van der Waals surface area contributed by atoms with Crippen LogP contribution in [0, 0.1) is 0 Å². The Kier molecular flexibility index (Phi) is 11.0. The number of ether oxygens (including phenoxy) is 5. The van der Waals surface area contributed by atoms with E-state index in [1.807, 2.05) is 37.3 Å². The predicted molar refractivity (Wildman–Crippen MR) is 164 cm³/mol. The Balaban J connectivity index is 1.32. The molecule has 0 aromatic heterocycles. The Hall–Kier alpha value is -5.51. The van der Waals surface area contributed by atoms with Crippen LogP contribution in [0.4, 0.5) is 5.69 Å². The van der Waals surface area contributed by atoms with Crippen LogP contribution >= 0.6 is 0 Å². The third-order valence-electron chi connectivity index (χ3n) is 6.04. The molecule has 4 rings (SSSR count). The summed E-state index contributed by atoms with van der Waals surface area (Å²) in [6, 6.07) is 26.8. The molecule has 0 unspecified atom stereocenters. The number of anilines is 1.